The number of nitrogen functional groups attached to an aromatic ring is 2. The van der Waals surface area contributed by atoms with Crippen LogP contribution in [0, 0.1) is 12.7 Å². The van der Waals surface area contributed by atoms with E-state index in [1.165, 1.54) is 7.11 Å². The number of aryl methyl sites for hydroxylation is 1. The van der Waals surface area contributed by atoms with Crippen molar-refractivity contribution in [3.63, 3.8) is 0 Å². The highest BCUT2D eigenvalue weighted by atomic mass is 19.4. The Balaban J connectivity index is 1.80. The lowest BCUT2D eigenvalue weighted by Gasteiger charge is -2.30. The number of anilines is 3. The lowest BCUT2D eigenvalue weighted by Crippen LogP contribution is -2.31. The Morgan fingerprint density at radius 1 is 1.16 bits per heavy atom. The van der Waals surface area contributed by atoms with E-state index in [9.17, 15) is 13.2 Å². The lowest BCUT2D eigenvalue weighted by atomic mass is 10.0. The second-order valence-corrected chi connectivity index (χ2v) is 8.59. The number of hydrogen-bond donors (Lipinski definition) is 2. The van der Waals surface area contributed by atoms with Crippen LogP contribution < -0.4 is 25.8 Å². The number of aromatic nitrogens is 5. The van der Waals surface area contributed by atoms with Crippen LogP contribution in [-0.2, 0) is 6.18 Å². The first-order valence-corrected chi connectivity index (χ1v) is 11.4. The quantitative estimate of drug-likeness (QED) is 0.371. The molecule has 5 rings (SSSR count). The highest BCUT2D eigenvalue weighted by molar-refractivity contribution is 5.97. The van der Waals surface area contributed by atoms with Crippen molar-refractivity contribution in [3.8, 4) is 23.1 Å². The normalized spacial score (nSPS) is 14.2. The fourth-order valence-corrected chi connectivity index (χ4v) is 4.60. The van der Waals surface area contributed by atoms with E-state index in [1.54, 1.807) is 23.2 Å². The molecular formula is C24H22F4N8O2. The predicted octanol–water partition coefficient (Wildman–Crippen LogP) is 4.08. The average molecular weight is 530 g/mol. The van der Waals surface area contributed by atoms with Crippen LogP contribution in [0.1, 0.15) is 29.8 Å². The molecule has 0 saturated heterocycles. The van der Waals surface area contributed by atoms with Crippen LogP contribution in [0.2, 0.25) is 0 Å². The Morgan fingerprint density at radius 3 is 2.61 bits per heavy atom. The van der Waals surface area contributed by atoms with E-state index in [0.717, 1.165) is 13.0 Å². The second kappa shape index (κ2) is 9.11. The minimum Gasteiger partial charge on any atom is -0.475 e. The van der Waals surface area contributed by atoms with Crippen molar-refractivity contribution in [3.05, 3.63) is 47.0 Å². The van der Waals surface area contributed by atoms with Gasteiger partial charge in [-0.25, -0.2) is 19.3 Å². The molecule has 0 aromatic carbocycles. The van der Waals surface area contributed by atoms with Crippen molar-refractivity contribution in [1.29, 1.82) is 0 Å². The zero-order valence-electron chi connectivity index (χ0n) is 20.5. The molecule has 0 bridgehead atoms. The van der Waals surface area contributed by atoms with Gasteiger partial charge in [0.25, 0.3) is 0 Å². The molecule has 10 nitrogen and oxygen atoms in total. The van der Waals surface area contributed by atoms with E-state index in [-0.39, 0.29) is 47.6 Å². The van der Waals surface area contributed by atoms with Gasteiger partial charge in [-0.05, 0) is 26.0 Å². The number of rotatable bonds is 4. The number of nitrogens with zero attached hydrogens (tertiary/aromatic N) is 6. The van der Waals surface area contributed by atoms with Crippen LogP contribution in [0.3, 0.4) is 0 Å². The number of methoxy groups -OCH3 is 1. The molecule has 4 aromatic rings. The van der Waals surface area contributed by atoms with Gasteiger partial charge < -0.3 is 25.8 Å². The van der Waals surface area contributed by atoms with Gasteiger partial charge in [0.15, 0.2) is 5.82 Å². The summed E-state index contributed by atoms with van der Waals surface area (Å²) in [5.41, 5.74) is 9.38. The van der Waals surface area contributed by atoms with E-state index in [4.69, 9.17) is 20.9 Å². The van der Waals surface area contributed by atoms with E-state index < -0.39 is 40.6 Å². The third-order valence-corrected chi connectivity index (χ3v) is 6.29. The molecule has 1 aliphatic rings. The van der Waals surface area contributed by atoms with Gasteiger partial charge in [0.2, 0.25) is 5.88 Å². The largest absolute Gasteiger partial charge is 0.475 e. The summed E-state index contributed by atoms with van der Waals surface area (Å²) >= 11 is 0. The number of alkyl halides is 3. The summed E-state index contributed by atoms with van der Waals surface area (Å²) < 4.78 is 69.2. The fourth-order valence-electron chi connectivity index (χ4n) is 4.60. The maximum absolute atomic E-state index is 16.1. The zero-order chi connectivity index (χ0) is 27.4. The van der Waals surface area contributed by atoms with E-state index in [2.05, 4.69) is 24.9 Å². The first-order chi connectivity index (χ1) is 18.0. The van der Waals surface area contributed by atoms with E-state index >= 15 is 4.39 Å². The van der Waals surface area contributed by atoms with Crippen molar-refractivity contribution in [2.24, 2.45) is 0 Å². The summed E-state index contributed by atoms with van der Waals surface area (Å²) in [7, 11) is 1.30. The second-order valence-electron chi connectivity index (χ2n) is 8.59. The molecule has 198 valence electrons. The molecule has 0 amide bonds. The highest BCUT2D eigenvalue weighted by Crippen LogP contribution is 2.45. The Kier molecular flexibility index (Phi) is 6.04. The summed E-state index contributed by atoms with van der Waals surface area (Å²) in [4.78, 5) is 22.4. The molecular weight excluding hydrogens is 508 g/mol. The summed E-state index contributed by atoms with van der Waals surface area (Å²) in [6.45, 7) is 3.31. The molecule has 38 heavy (non-hydrogen) atoms. The standard InChI is InChI=1S/C24H22F4N8O2/c1-10-16(24(26,27)28)13(9-14(29)32-10)18-17(25)19-15-21(35-23(34-19)37-3)36(7-8-38-22(15)33-18)11(2)12-5-4-6-31-20(12)30/h4-6,9,11H,7-8H2,1-3H3,(H2,29,32)(H2,30,31)/t11-/m1/s1. The Hall–Kier alpha value is -4.49. The molecule has 0 saturated carbocycles. The van der Waals surface area contributed by atoms with Gasteiger partial charge in [-0.1, -0.05) is 6.07 Å². The predicted molar refractivity (Wildman–Crippen MR) is 131 cm³/mol. The molecule has 1 atom stereocenters. The van der Waals surface area contributed by atoms with Crippen LogP contribution in [0.4, 0.5) is 35.0 Å². The van der Waals surface area contributed by atoms with Gasteiger partial charge >= 0.3 is 12.2 Å². The van der Waals surface area contributed by atoms with Crippen molar-refractivity contribution in [2.45, 2.75) is 26.1 Å². The van der Waals surface area contributed by atoms with Gasteiger partial charge in [-0.15, -0.1) is 0 Å². The van der Waals surface area contributed by atoms with E-state index in [1.807, 2.05) is 6.92 Å². The SMILES string of the molecule is COc1nc2c3c(nc(-c4cc(N)nc(C)c4C(F)(F)F)c(F)c3n1)OCCN2[C@H](C)c1cccnc1N. The number of pyridine rings is 3. The average Bonchev–Trinajstić information content (AvgIpc) is 3.04. The van der Waals surface area contributed by atoms with Crippen LogP contribution in [-0.4, -0.2) is 45.2 Å². The molecule has 4 N–H and O–H groups in total. The summed E-state index contributed by atoms with van der Waals surface area (Å²) in [6.07, 6.45) is -3.30. The monoisotopic (exact) mass is 530 g/mol. The third-order valence-electron chi connectivity index (χ3n) is 6.29. The number of ether oxygens (including phenoxy) is 2. The maximum Gasteiger partial charge on any atom is 0.418 e. The van der Waals surface area contributed by atoms with E-state index in [0.29, 0.717) is 11.4 Å². The van der Waals surface area contributed by atoms with Crippen molar-refractivity contribution < 1.29 is 27.0 Å². The Labute approximate surface area is 213 Å². The summed E-state index contributed by atoms with van der Waals surface area (Å²) in [5.74, 6) is -0.972. The Morgan fingerprint density at radius 2 is 1.92 bits per heavy atom. The highest BCUT2D eigenvalue weighted by Gasteiger charge is 2.39. The topological polar surface area (TPSA) is 138 Å². The van der Waals surface area contributed by atoms with Gasteiger partial charge in [-0.3, -0.25) is 0 Å². The van der Waals surface area contributed by atoms with Crippen LogP contribution in [0.25, 0.3) is 22.2 Å². The summed E-state index contributed by atoms with van der Waals surface area (Å²) in [6, 6.07) is 3.86. The molecule has 0 radical (unpaired) electrons. The molecule has 0 fully saturated rings. The molecule has 1 aliphatic heterocycles. The molecule has 4 aromatic heterocycles. The first-order valence-electron chi connectivity index (χ1n) is 11.4. The van der Waals surface area contributed by atoms with Gasteiger partial charge in [-0.2, -0.15) is 23.1 Å². The molecule has 0 unspecified atom stereocenters. The number of nitrogens with two attached hydrogens (primary N) is 2. The number of hydrogen-bond acceptors (Lipinski definition) is 10. The van der Waals surface area contributed by atoms with Gasteiger partial charge in [0.1, 0.15) is 40.7 Å². The third kappa shape index (κ3) is 4.11. The van der Waals surface area contributed by atoms with Gasteiger partial charge in [0, 0.05) is 17.3 Å². The molecule has 0 aliphatic carbocycles. The van der Waals surface area contributed by atoms with Crippen molar-refractivity contribution in [2.75, 3.05) is 36.6 Å². The van der Waals surface area contributed by atoms with Crippen LogP contribution in [0.5, 0.6) is 11.9 Å². The zero-order valence-corrected chi connectivity index (χ0v) is 20.5. The van der Waals surface area contributed by atoms with Crippen molar-refractivity contribution in [1.82, 2.24) is 24.9 Å². The first kappa shape index (κ1) is 25.2. The van der Waals surface area contributed by atoms with Crippen LogP contribution in [0.15, 0.2) is 24.4 Å². The van der Waals surface area contributed by atoms with Gasteiger partial charge in [0.05, 0.1) is 31.0 Å². The van der Waals surface area contributed by atoms with Crippen molar-refractivity contribution >= 4 is 28.4 Å². The molecule has 14 heteroatoms. The summed E-state index contributed by atoms with van der Waals surface area (Å²) in [5, 5.41) is 0.0752. The Bertz CT molecular complexity index is 1560. The lowest BCUT2D eigenvalue weighted by molar-refractivity contribution is -0.137. The fraction of sp³-hybridized carbons (Fsp3) is 0.292. The van der Waals surface area contributed by atoms with Crippen LogP contribution >= 0.6 is 0 Å². The molecule has 0 spiro atoms. The number of halogens is 4. The molecule has 5 heterocycles. The smallest absolute Gasteiger partial charge is 0.418 e. The minimum atomic E-state index is -4.86. The maximum atomic E-state index is 16.1. The minimum absolute atomic E-state index is 0.0556.